The highest BCUT2D eigenvalue weighted by atomic mass is 32.2. The number of carbonyl (C=O) groups is 2. The second kappa shape index (κ2) is 7.57. The van der Waals surface area contributed by atoms with Gasteiger partial charge in [0, 0.05) is 34.4 Å². The number of thioether (sulfide) groups is 1. The smallest absolute Gasteiger partial charge is 0.269 e. The van der Waals surface area contributed by atoms with E-state index in [9.17, 15) is 19.7 Å². The predicted molar refractivity (Wildman–Crippen MR) is 100 cm³/mol. The van der Waals surface area contributed by atoms with Crippen molar-refractivity contribution in [2.24, 2.45) is 0 Å². The van der Waals surface area contributed by atoms with Crippen LogP contribution in [0.1, 0.15) is 13.3 Å². The molecule has 1 atom stereocenters. The van der Waals surface area contributed by atoms with Crippen LogP contribution in [-0.2, 0) is 9.59 Å². The van der Waals surface area contributed by atoms with Crippen molar-refractivity contribution in [3.05, 3.63) is 58.6 Å². The molecule has 7 nitrogen and oxygen atoms in total. The van der Waals surface area contributed by atoms with E-state index >= 15 is 0 Å². The molecule has 0 aliphatic carbocycles. The van der Waals surface area contributed by atoms with Gasteiger partial charge in [-0.3, -0.25) is 19.7 Å². The molecule has 0 fully saturated rings. The van der Waals surface area contributed by atoms with Crippen molar-refractivity contribution in [2.75, 3.05) is 16.8 Å². The van der Waals surface area contributed by atoms with Crippen molar-refractivity contribution in [2.45, 2.75) is 23.5 Å². The van der Waals surface area contributed by atoms with Crippen molar-refractivity contribution < 1.29 is 14.5 Å². The van der Waals surface area contributed by atoms with E-state index in [-0.39, 0.29) is 29.3 Å². The monoisotopic (exact) mass is 371 g/mol. The Kier molecular flexibility index (Phi) is 5.22. The molecule has 134 valence electrons. The van der Waals surface area contributed by atoms with Gasteiger partial charge in [0.25, 0.3) is 5.69 Å². The van der Waals surface area contributed by atoms with E-state index < -0.39 is 4.92 Å². The maximum absolute atomic E-state index is 12.6. The van der Waals surface area contributed by atoms with Crippen LogP contribution in [0.4, 0.5) is 17.1 Å². The zero-order valence-electron chi connectivity index (χ0n) is 14.0. The first-order valence-electron chi connectivity index (χ1n) is 8.04. The standard InChI is InChI=1S/C18H17N3O4S/c1-12-10-18(23)20(15-4-2-3-5-16(15)26-12)11-17(22)19-13-6-8-14(9-7-13)21(24)25/h2-9,12H,10-11H2,1H3,(H,19,22)/t12-/m1/s1. The number of amides is 2. The van der Waals surface area contributed by atoms with Crippen LogP contribution >= 0.6 is 11.8 Å². The molecule has 2 amide bonds. The average molecular weight is 371 g/mol. The number of carbonyl (C=O) groups excluding carboxylic acids is 2. The summed E-state index contributed by atoms with van der Waals surface area (Å²) in [6, 6.07) is 13.1. The molecule has 1 N–H and O–H groups in total. The Morgan fingerprint density at radius 1 is 1.27 bits per heavy atom. The first kappa shape index (κ1) is 17.9. The predicted octanol–water partition coefficient (Wildman–Crippen LogP) is 3.45. The fourth-order valence-corrected chi connectivity index (χ4v) is 3.83. The molecule has 0 aromatic heterocycles. The molecule has 8 heteroatoms. The highest BCUT2D eigenvalue weighted by Gasteiger charge is 2.27. The Balaban J connectivity index is 1.75. The zero-order chi connectivity index (χ0) is 18.7. The van der Waals surface area contributed by atoms with Gasteiger partial charge in [-0.2, -0.15) is 0 Å². The topological polar surface area (TPSA) is 92.6 Å². The number of nitrogens with zero attached hydrogens (tertiary/aromatic N) is 2. The van der Waals surface area contributed by atoms with E-state index in [0.29, 0.717) is 12.1 Å². The van der Waals surface area contributed by atoms with Gasteiger partial charge in [-0.1, -0.05) is 19.1 Å². The number of anilines is 2. The van der Waals surface area contributed by atoms with Crippen LogP contribution in [0, 0.1) is 10.1 Å². The summed E-state index contributed by atoms with van der Waals surface area (Å²) < 4.78 is 0. The van der Waals surface area contributed by atoms with Crippen molar-refractivity contribution >= 4 is 40.6 Å². The second-order valence-electron chi connectivity index (χ2n) is 5.93. The van der Waals surface area contributed by atoms with Crippen molar-refractivity contribution in [1.82, 2.24) is 0 Å². The number of para-hydroxylation sites is 1. The molecule has 3 rings (SSSR count). The van der Waals surface area contributed by atoms with Gasteiger partial charge in [0.2, 0.25) is 11.8 Å². The summed E-state index contributed by atoms with van der Waals surface area (Å²) in [5, 5.41) is 13.5. The van der Waals surface area contributed by atoms with E-state index in [1.54, 1.807) is 11.8 Å². The molecular weight excluding hydrogens is 354 g/mol. The third kappa shape index (κ3) is 4.02. The molecule has 2 aromatic carbocycles. The Morgan fingerprint density at radius 3 is 2.65 bits per heavy atom. The molecular formula is C18H17N3O4S. The summed E-state index contributed by atoms with van der Waals surface area (Å²) in [7, 11) is 0. The van der Waals surface area contributed by atoms with Gasteiger partial charge in [0.15, 0.2) is 0 Å². The number of benzene rings is 2. The lowest BCUT2D eigenvalue weighted by atomic mass is 10.2. The van der Waals surface area contributed by atoms with Crippen LogP contribution in [0.2, 0.25) is 0 Å². The van der Waals surface area contributed by atoms with Crippen molar-refractivity contribution in [3.63, 3.8) is 0 Å². The second-order valence-corrected chi connectivity index (χ2v) is 7.41. The minimum Gasteiger partial charge on any atom is -0.325 e. The van der Waals surface area contributed by atoms with Gasteiger partial charge in [-0.05, 0) is 24.3 Å². The summed E-state index contributed by atoms with van der Waals surface area (Å²) in [5.41, 5.74) is 1.12. The molecule has 1 aliphatic rings. The molecule has 2 aromatic rings. The lowest BCUT2D eigenvalue weighted by Gasteiger charge is -2.22. The molecule has 26 heavy (non-hydrogen) atoms. The molecule has 0 unspecified atom stereocenters. The van der Waals surface area contributed by atoms with Gasteiger partial charge in [-0.25, -0.2) is 0 Å². The first-order chi connectivity index (χ1) is 12.4. The number of nitro groups is 1. The van der Waals surface area contributed by atoms with Gasteiger partial charge < -0.3 is 10.2 Å². The van der Waals surface area contributed by atoms with Crippen molar-refractivity contribution in [1.29, 1.82) is 0 Å². The van der Waals surface area contributed by atoms with Crippen LogP contribution in [0.25, 0.3) is 0 Å². The molecule has 1 heterocycles. The Morgan fingerprint density at radius 2 is 1.96 bits per heavy atom. The number of nitro benzene ring substituents is 1. The zero-order valence-corrected chi connectivity index (χ0v) is 14.9. The fourth-order valence-electron chi connectivity index (χ4n) is 2.71. The molecule has 0 saturated carbocycles. The Labute approximate surface area is 154 Å². The summed E-state index contributed by atoms with van der Waals surface area (Å²) in [5.74, 6) is -0.463. The molecule has 0 saturated heterocycles. The van der Waals surface area contributed by atoms with Gasteiger partial charge in [0.05, 0.1) is 10.6 Å². The largest absolute Gasteiger partial charge is 0.325 e. The molecule has 0 spiro atoms. The van der Waals surface area contributed by atoms with E-state index in [1.165, 1.54) is 29.2 Å². The van der Waals surface area contributed by atoms with E-state index in [2.05, 4.69) is 5.32 Å². The highest BCUT2D eigenvalue weighted by Crippen LogP contribution is 2.37. The van der Waals surface area contributed by atoms with E-state index in [0.717, 1.165) is 10.6 Å². The lowest BCUT2D eigenvalue weighted by Crippen LogP contribution is -2.38. The molecule has 0 bridgehead atoms. The summed E-state index contributed by atoms with van der Waals surface area (Å²) in [6.45, 7) is 1.87. The summed E-state index contributed by atoms with van der Waals surface area (Å²) in [6.07, 6.45) is 0.351. The summed E-state index contributed by atoms with van der Waals surface area (Å²) >= 11 is 1.62. The summed E-state index contributed by atoms with van der Waals surface area (Å²) in [4.78, 5) is 37.6. The van der Waals surface area contributed by atoms with Crippen LogP contribution in [0.3, 0.4) is 0 Å². The van der Waals surface area contributed by atoms with Crippen LogP contribution in [-0.4, -0.2) is 28.5 Å². The van der Waals surface area contributed by atoms with Crippen molar-refractivity contribution in [3.8, 4) is 0 Å². The number of nitrogens with one attached hydrogen (secondary N) is 1. The van der Waals surface area contributed by atoms with Gasteiger partial charge in [0.1, 0.15) is 6.54 Å². The lowest BCUT2D eigenvalue weighted by molar-refractivity contribution is -0.384. The fraction of sp³-hybridized carbons (Fsp3) is 0.222. The maximum Gasteiger partial charge on any atom is 0.269 e. The minimum absolute atomic E-state index is 0.0503. The minimum atomic E-state index is -0.503. The third-order valence-corrected chi connectivity index (χ3v) is 5.08. The first-order valence-corrected chi connectivity index (χ1v) is 8.92. The Bertz CT molecular complexity index is 854. The van der Waals surface area contributed by atoms with E-state index in [1.807, 2.05) is 31.2 Å². The van der Waals surface area contributed by atoms with Crippen LogP contribution in [0.5, 0.6) is 0 Å². The number of hydrogen-bond donors (Lipinski definition) is 1. The highest BCUT2D eigenvalue weighted by molar-refractivity contribution is 8.00. The third-order valence-electron chi connectivity index (χ3n) is 3.91. The maximum atomic E-state index is 12.6. The molecule has 0 radical (unpaired) electrons. The number of fused-ring (bicyclic) bond motifs is 1. The normalized spacial score (nSPS) is 16.6. The Hall–Kier alpha value is -2.87. The quantitative estimate of drug-likeness (QED) is 0.656. The molecule has 1 aliphatic heterocycles. The number of non-ortho nitro benzene ring substituents is 1. The SMILES string of the molecule is C[C@@H]1CC(=O)N(CC(=O)Nc2ccc([N+](=O)[O-])cc2)c2ccccc2S1. The van der Waals surface area contributed by atoms with Gasteiger partial charge >= 0.3 is 0 Å². The van der Waals surface area contributed by atoms with Crippen LogP contribution in [0.15, 0.2) is 53.4 Å². The number of rotatable bonds is 4. The van der Waals surface area contributed by atoms with E-state index in [4.69, 9.17) is 0 Å². The average Bonchev–Trinajstić information content (AvgIpc) is 2.71. The van der Waals surface area contributed by atoms with Gasteiger partial charge in [-0.15, -0.1) is 11.8 Å². The van der Waals surface area contributed by atoms with Crippen LogP contribution < -0.4 is 10.2 Å². The number of hydrogen-bond acceptors (Lipinski definition) is 5.